The zero-order valence-corrected chi connectivity index (χ0v) is 14.4. The van der Waals surface area contributed by atoms with Gasteiger partial charge in [0.1, 0.15) is 4.88 Å². The van der Waals surface area contributed by atoms with Crippen LogP contribution in [-0.4, -0.2) is 12.1 Å². The minimum absolute atomic E-state index is 0.298. The largest absolute Gasteiger partial charge is 0.283 e. The van der Waals surface area contributed by atoms with Gasteiger partial charge in [0.15, 0.2) is 0 Å². The van der Waals surface area contributed by atoms with Crippen molar-refractivity contribution in [3.05, 3.63) is 55.0 Å². The summed E-state index contributed by atoms with van der Waals surface area (Å²) in [6, 6.07) is 11.5. The Bertz CT molecular complexity index is 840. The van der Waals surface area contributed by atoms with Crippen LogP contribution in [0.4, 0.5) is 0 Å². The molecule has 0 atom stereocenters. The molecule has 3 rings (SSSR count). The first-order valence-corrected chi connectivity index (χ1v) is 8.71. The number of rotatable bonds is 3. The fourth-order valence-electron chi connectivity index (χ4n) is 1.76. The van der Waals surface area contributed by atoms with E-state index in [2.05, 4.69) is 26.5 Å². The number of hydrazone groups is 1. The molecule has 1 amide bonds. The number of thiophene rings is 2. The van der Waals surface area contributed by atoms with Gasteiger partial charge in [-0.3, -0.25) is 4.79 Å². The van der Waals surface area contributed by atoms with E-state index in [0.29, 0.717) is 9.90 Å². The minimum Gasteiger partial charge on any atom is -0.266 e. The summed E-state index contributed by atoms with van der Waals surface area (Å²) in [6.45, 7) is 0. The highest BCUT2D eigenvalue weighted by molar-refractivity contribution is 9.11. The number of carbonyl (C=O) groups excluding carboxylic acids is 1. The third-order valence-electron chi connectivity index (χ3n) is 2.69. The summed E-state index contributed by atoms with van der Waals surface area (Å²) in [5.74, 6) is -0.298. The maximum absolute atomic E-state index is 12.1. The molecule has 0 saturated heterocycles. The predicted octanol–water partition coefficient (Wildman–Crippen LogP) is 5.14. The van der Waals surface area contributed by atoms with E-state index in [1.165, 1.54) is 22.7 Å². The molecule has 0 spiro atoms. The Kier molecular flexibility index (Phi) is 4.40. The fourth-order valence-corrected chi connectivity index (χ4v) is 4.47. The Morgan fingerprint density at radius 2 is 2.05 bits per heavy atom. The number of amides is 1. The van der Waals surface area contributed by atoms with Crippen LogP contribution >= 0.6 is 50.2 Å². The molecule has 0 aliphatic heterocycles. The number of hydrogen-bond acceptors (Lipinski definition) is 4. The highest BCUT2D eigenvalue weighted by atomic mass is 79.9. The lowest BCUT2D eigenvalue weighted by Gasteiger charge is -1.96. The average Bonchev–Trinajstić information content (AvgIpc) is 3.03. The fraction of sp³-hybridized carbons (Fsp3) is 0. The number of fused-ring (bicyclic) bond motifs is 1. The zero-order valence-electron chi connectivity index (χ0n) is 10.5. The van der Waals surface area contributed by atoms with Gasteiger partial charge in [0.05, 0.1) is 15.0 Å². The summed E-state index contributed by atoms with van der Waals surface area (Å²) in [4.78, 5) is 13.5. The molecule has 0 bridgehead atoms. The number of halogens is 2. The van der Waals surface area contributed by atoms with Crippen molar-refractivity contribution in [3.63, 3.8) is 0 Å². The van der Waals surface area contributed by atoms with Crippen molar-refractivity contribution in [2.75, 3.05) is 0 Å². The van der Waals surface area contributed by atoms with Crippen LogP contribution < -0.4 is 5.43 Å². The van der Waals surface area contributed by atoms with E-state index in [1.807, 2.05) is 36.4 Å². The van der Waals surface area contributed by atoms with Crippen molar-refractivity contribution in [2.24, 2.45) is 5.10 Å². The number of carbonyl (C=O) groups is 1. The molecule has 2 aromatic heterocycles. The molecule has 0 aliphatic rings. The van der Waals surface area contributed by atoms with Crippen molar-refractivity contribution in [2.45, 2.75) is 0 Å². The molecule has 1 aromatic carbocycles. The molecular formula is C14H8BrClN2OS2. The topological polar surface area (TPSA) is 41.5 Å². The van der Waals surface area contributed by atoms with Gasteiger partial charge in [0, 0.05) is 15.0 Å². The van der Waals surface area contributed by atoms with Gasteiger partial charge in [-0.1, -0.05) is 29.8 Å². The van der Waals surface area contributed by atoms with Crippen molar-refractivity contribution in [1.82, 2.24) is 5.43 Å². The Morgan fingerprint density at radius 1 is 1.24 bits per heavy atom. The van der Waals surface area contributed by atoms with Crippen LogP contribution in [0.15, 0.2) is 45.3 Å². The van der Waals surface area contributed by atoms with E-state index in [0.717, 1.165) is 18.7 Å². The van der Waals surface area contributed by atoms with Crippen LogP contribution in [0.25, 0.3) is 10.1 Å². The summed E-state index contributed by atoms with van der Waals surface area (Å²) in [5, 5.41) is 5.32. The molecule has 0 fully saturated rings. The van der Waals surface area contributed by atoms with Crippen LogP contribution in [0.2, 0.25) is 5.02 Å². The minimum atomic E-state index is -0.298. The van der Waals surface area contributed by atoms with Crippen LogP contribution in [0.1, 0.15) is 14.5 Å². The van der Waals surface area contributed by atoms with Gasteiger partial charge >= 0.3 is 0 Å². The van der Waals surface area contributed by atoms with Gasteiger partial charge in [-0.25, -0.2) is 5.43 Å². The third-order valence-corrected chi connectivity index (χ3v) is 5.93. The maximum atomic E-state index is 12.1. The molecule has 1 N–H and O–H groups in total. The summed E-state index contributed by atoms with van der Waals surface area (Å²) in [7, 11) is 0. The lowest BCUT2D eigenvalue weighted by Crippen LogP contribution is -2.16. The van der Waals surface area contributed by atoms with Crippen LogP contribution in [0.5, 0.6) is 0 Å². The first-order chi connectivity index (χ1) is 10.1. The van der Waals surface area contributed by atoms with Crippen LogP contribution in [0, 0.1) is 0 Å². The van der Waals surface area contributed by atoms with E-state index >= 15 is 0 Å². The molecule has 0 saturated carbocycles. The predicted molar refractivity (Wildman–Crippen MR) is 93.9 cm³/mol. The zero-order chi connectivity index (χ0) is 14.8. The molecule has 2 heterocycles. The molecule has 0 aliphatic carbocycles. The average molecular weight is 400 g/mol. The van der Waals surface area contributed by atoms with E-state index in [9.17, 15) is 4.79 Å². The van der Waals surface area contributed by atoms with Gasteiger partial charge < -0.3 is 0 Å². The van der Waals surface area contributed by atoms with Crippen molar-refractivity contribution < 1.29 is 4.79 Å². The van der Waals surface area contributed by atoms with E-state index in [4.69, 9.17) is 11.6 Å². The molecule has 3 nitrogen and oxygen atoms in total. The van der Waals surface area contributed by atoms with Gasteiger partial charge in [-0.05, 0) is 34.1 Å². The normalized spacial score (nSPS) is 11.3. The van der Waals surface area contributed by atoms with Crippen molar-refractivity contribution >= 4 is 72.4 Å². The number of benzene rings is 1. The van der Waals surface area contributed by atoms with Crippen LogP contribution in [-0.2, 0) is 0 Å². The molecule has 3 aromatic rings. The molecular weight excluding hydrogens is 392 g/mol. The van der Waals surface area contributed by atoms with Crippen molar-refractivity contribution in [3.8, 4) is 0 Å². The van der Waals surface area contributed by atoms with Crippen LogP contribution in [0.3, 0.4) is 0 Å². The van der Waals surface area contributed by atoms with Gasteiger partial charge in [-0.15, -0.1) is 22.7 Å². The number of nitrogens with zero attached hydrogens (tertiary/aromatic N) is 1. The van der Waals surface area contributed by atoms with Crippen molar-refractivity contribution in [1.29, 1.82) is 0 Å². The summed E-state index contributed by atoms with van der Waals surface area (Å²) < 4.78 is 2.00. The van der Waals surface area contributed by atoms with Gasteiger partial charge in [-0.2, -0.15) is 5.10 Å². The quantitative estimate of drug-likeness (QED) is 0.480. The Morgan fingerprint density at radius 3 is 2.76 bits per heavy atom. The molecule has 106 valence electrons. The second kappa shape index (κ2) is 6.27. The smallest absolute Gasteiger partial charge is 0.266 e. The number of hydrogen-bond donors (Lipinski definition) is 1. The number of nitrogens with one attached hydrogen (secondary N) is 1. The van der Waals surface area contributed by atoms with Gasteiger partial charge in [0.2, 0.25) is 0 Å². The first-order valence-electron chi connectivity index (χ1n) is 5.91. The summed E-state index contributed by atoms with van der Waals surface area (Å²) in [6.07, 6.45) is 1.61. The second-order valence-electron chi connectivity index (χ2n) is 4.08. The summed E-state index contributed by atoms with van der Waals surface area (Å²) in [5.41, 5.74) is 2.51. The Labute approximate surface area is 142 Å². The highest BCUT2D eigenvalue weighted by Crippen LogP contribution is 2.34. The van der Waals surface area contributed by atoms with E-state index in [-0.39, 0.29) is 5.91 Å². The second-order valence-corrected chi connectivity index (χ2v) is 8.01. The standard InChI is InChI=1S/C14H8BrClN2OS2/c15-11-6-5-8(20-11)7-17-18-14(19)13-12(16)9-3-1-2-4-10(9)21-13/h1-7H,(H,18,19). The highest BCUT2D eigenvalue weighted by Gasteiger charge is 2.16. The SMILES string of the molecule is O=C(NN=Cc1ccc(Br)s1)c1sc2ccccc2c1Cl. The molecule has 7 heteroatoms. The molecule has 0 unspecified atom stereocenters. The molecule has 21 heavy (non-hydrogen) atoms. The lowest BCUT2D eigenvalue weighted by molar-refractivity contribution is 0.0959. The monoisotopic (exact) mass is 398 g/mol. The molecule has 0 radical (unpaired) electrons. The Hall–Kier alpha value is -1.21. The Balaban J connectivity index is 1.78. The summed E-state index contributed by atoms with van der Waals surface area (Å²) >= 11 is 12.5. The maximum Gasteiger partial charge on any atom is 0.283 e. The van der Waals surface area contributed by atoms with E-state index < -0.39 is 0 Å². The lowest BCUT2D eigenvalue weighted by atomic mass is 10.2. The van der Waals surface area contributed by atoms with E-state index in [1.54, 1.807) is 6.21 Å². The third kappa shape index (κ3) is 3.18. The first kappa shape index (κ1) is 14.7. The van der Waals surface area contributed by atoms with Gasteiger partial charge in [0.25, 0.3) is 5.91 Å².